The lowest BCUT2D eigenvalue weighted by molar-refractivity contribution is -0.124. The third-order valence-electron chi connectivity index (χ3n) is 0.704. The van der Waals surface area contributed by atoms with E-state index in [1.807, 2.05) is 5.32 Å². The van der Waals surface area contributed by atoms with Crippen LogP contribution >= 0.6 is 0 Å². The van der Waals surface area contributed by atoms with Crippen molar-refractivity contribution in [2.45, 2.75) is 13.8 Å². The summed E-state index contributed by atoms with van der Waals surface area (Å²) < 4.78 is 0. The second-order valence-electron chi connectivity index (χ2n) is 1.53. The summed E-state index contributed by atoms with van der Waals surface area (Å²) in [5, 5.41) is 1.96. The molecule has 0 atom stereocenters. The van der Waals surface area contributed by atoms with Crippen LogP contribution in [0.15, 0.2) is 0 Å². The van der Waals surface area contributed by atoms with E-state index >= 15 is 0 Å². The summed E-state index contributed by atoms with van der Waals surface area (Å²) in [6.07, 6.45) is 0. The smallest absolute Gasteiger partial charge is 0.274 e. The molecule has 0 rings (SSSR count). The van der Waals surface area contributed by atoms with Gasteiger partial charge in [-0.2, -0.15) is 0 Å². The topological polar surface area (TPSA) is 46.2 Å². The summed E-state index contributed by atoms with van der Waals surface area (Å²) in [6.45, 7) is 3.02. The van der Waals surface area contributed by atoms with E-state index in [0.717, 1.165) is 0 Å². The molecule has 0 aromatic heterocycles. The van der Waals surface area contributed by atoms with Crippen LogP contribution in [0.4, 0.5) is 0 Å². The zero-order chi connectivity index (χ0) is 8.69. The van der Waals surface area contributed by atoms with Gasteiger partial charge in [0.25, 0.3) is 0 Å². The Hall–Kier alpha value is -1.74. The molecule has 0 aromatic carbocycles. The molecule has 0 aliphatic heterocycles. The van der Waals surface area contributed by atoms with Crippen LogP contribution in [0, 0.1) is 23.7 Å². The molecule has 0 saturated heterocycles. The van der Waals surface area contributed by atoms with E-state index in [9.17, 15) is 9.59 Å². The van der Waals surface area contributed by atoms with Gasteiger partial charge in [-0.05, 0) is 25.7 Å². The number of nitrogens with one attached hydrogen (secondary N) is 1. The number of carbonyl (C=O) groups is 2. The molecule has 0 unspecified atom stereocenters. The van der Waals surface area contributed by atoms with Crippen molar-refractivity contribution in [2.24, 2.45) is 0 Å². The molecule has 56 valence electrons. The quantitative estimate of drug-likeness (QED) is 0.479. The van der Waals surface area contributed by atoms with E-state index in [-0.39, 0.29) is 0 Å². The number of amides is 2. The van der Waals surface area contributed by atoms with Gasteiger partial charge in [0.1, 0.15) is 0 Å². The lowest BCUT2D eigenvalue weighted by Crippen LogP contribution is -2.27. The first kappa shape index (κ1) is 9.26. The van der Waals surface area contributed by atoms with Crippen molar-refractivity contribution in [1.29, 1.82) is 0 Å². The summed E-state index contributed by atoms with van der Waals surface area (Å²) >= 11 is 0. The molecule has 0 aliphatic carbocycles. The maximum atomic E-state index is 10.6. The predicted molar refractivity (Wildman–Crippen MR) is 40.0 cm³/mol. The van der Waals surface area contributed by atoms with Gasteiger partial charge >= 0.3 is 11.8 Å². The van der Waals surface area contributed by atoms with E-state index in [0.29, 0.717) is 0 Å². The molecule has 0 radical (unpaired) electrons. The largest absolute Gasteiger partial charge is 0.303 e. The Bertz CT molecular complexity index is 253. The summed E-state index contributed by atoms with van der Waals surface area (Å²) in [5.74, 6) is 7.75. The summed E-state index contributed by atoms with van der Waals surface area (Å²) in [4.78, 5) is 21.1. The van der Waals surface area contributed by atoms with Gasteiger partial charge in [-0.25, -0.2) is 0 Å². The molecule has 1 N–H and O–H groups in total. The zero-order valence-electron chi connectivity index (χ0n) is 6.32. The van der Waals surface area contributed by atoms with Crippen LogP contribution in [0.25, 0.3) is 0 Å². The molecule has 2 amide bonds. The molecule has 3 nitrogen and oxygen atoms in total. The maximum absolute atomic E-state index is 10.6. The van der Waals surface area contributed by atoms with Crippen molar-refractivity contribution in [3.63, 3.8) is 0 Å². The van der Waals surface area contributed by atoms with Gasteiger partial charge in [-0.1, -0.05) is 11.8 Å². The van der Waals surface area contributed by atoms with Crippen LogP contribution in [-0.2, 0) is 9.59 Å². The minimum Gasteiger partial charge on any atom is -0.274 e. The molecule has 0 bridgehead atoms. The molecule has 0 heterocycles. The number of carbonyl (C=O) groups excluding carboxylic acids is 2. The first-order valence-corrected chi connectivity index (χ1v) is 2.91. The molecule has 11 heavy (non-hydrogen) atoms. The van der Waals surface area contributed by atoms with E-state index < -0.39 is 11.8 Å². The fourth-order valence-corrected chi connectivity index (χ4v) is 0.393. The molecule has 3 heteroatoms. The van der Waals surface area contributed by atoms with Crippen molar-refractivity contribution in [3.05, 3.63) is 0 Å². The van der Waals surface area contributed by atoms with Crippen molar-refractivity contribution < 1.29 is 9.59 Å². The molecule has 0 saturated carbocycles. The third-order valence-corrected chi connectivity index (χ3v) is 0.704. The Morgan fingerprint density at radius 3 is 1.64 bits per heavy atom. The first-order chi connectivity index (χ1) is 5.20. The van der Waals surface area contributed by atoms with Crippen molar-refractivity contribution in [2.75, 3.05) is 0 Å². The second-order valence-corrected chi connectivity index (χ2v) is 1.53. The Morgan fingerprint density at radius 1 is 1.00 bits per heavy atom. The number of hydrogen-bond acceptors (Lipinski definition) is 2. The summed E-state index contributed by atoms with van der Waals surface area (Å²) in [7, 11) is 0. The highest BCUT2D eigenvalue weighted by Gasteiger charge is 1.98. The van der Waals surface area contributed by atoms with Gasteiger partial charge in [0.2, 0.25) is 0 Å². The van der Waals surface area contributed by atoms with Crippen LogP contribution in [0.5, 0.6) is 0 Å². The monoisotopic (exact) mass is 149 g/mol. The Balaban J connectivity index is 3.99. The number of rotatable bonds is 0. The molecular formula is C8H7NO2. The first-order valence-electron chi connectivity index (χ1n) is 2.91. The molecule has 0 aromatic rings. The average molecular weight is 149 g/mol. The van der Waals surface area contributed by atoms with Crippen LogP contribution in [-0.4, -0.2) is 11.8 Å². The number of hydrogen-bond donors (Lipinski definition) is 1. The van der Waals surface area contributed by atoms with Crippen LogP contribution in [0.2, 0.25) is 0 Å². The fraction of sp³-hybridized carbons (Fsp3) is 0.250. The molecule has 0 fully saturated rings. The summed E-state index contributed by atoms with van der Waals surface area (Å²) in [6, 6.07) is 0. The van der Waals surface area contributed by atoms with Crippen molar-refractivity contribution in [1.82, 2.24) is 5.32 Å². The highest BCUT2D eigenvalue weighted by molar-refractivity contribution is 6.10. The number of imide groups is 1. The van der Waals surface area contributed by atoms with E-state index in [4.69, 9.17) is 0 Å². The minimum atomic E-state index is -0.625. The van der Waals surface area contributed by atoms with Crippen LogP contribution in [0.1, 0.15) is 13.8 Å². The average Bonchev–Trinajstić information content (AvgIpc) is 1.87. The van der Waals surface area contributed by atoms with E-state index in [2.05, 4.69) is 23.7 Å². The predicted octanol–water partition coefficient (Wildman–Crippen LogP) is -0.324. The second kappa shape index (κ2) is 5.08. The van der Waals surface area contributed by atoms with Crippen molar-refractivity contribution in [3.8, 4) is 23.7 Å². The highest BCUT2D eigenvalue weighted by Crippen LogP contribution is 1.64. The summed E-state index contributed by atoms with van der Waals surface area (Å²) in [5.41, 5.74) is 0. The normalized spacial score (nSPS) is 6.36. The van der Waals surface area contributed by atoms with Gasteiger partial charge in [0.05, 0.1) is 0 Å². The van der Waals surface area contributed by atoms with Gasteiger partial charge in [0, 0.05) is 0 Å². The lowest BCUT2D eigenvalue weighted by Gasteiger charge is -1.88. The van der Waals surface area contributed by atoms with Crippen LogP contribution in [0.3, 0.4) is 0 Å². The maximum Gasteiger partial charge on any atom is 0.303 e. The Kier molecular flexibility index (Phi) is 4.27. The van der Waals surface area contributed by atoms with Gasteiger partial charge < -0.3 is 0 Å². The van der Waals surface area contributed by atoms with E-state index in [1.165, 1.54) is 13.8 Å². The zero-order valence-corrected chi connectivity index (χ0v) is 6.32. The van der Waals surface area contributed by atoms with Crippen LogP contribution < -0.4 is 5.32 Å². The van der Waals surface area contributed by atoms with Gasteiger partial charge in [0.15, 0.2) is 0 Å². The SMILES string of the molecule is CC#CC(=O)NC(=O)C#CC. The standard InChI is InChI=1S/C8H7NO2/c1-3-5-7(10)9-8(11)6-4-2/h1-2H3,(H,9,10,11). The van der Waals surface area contributed by atoms with Gasteiger partial charge in [-0.3, -0.25) is 14.9 Å². The Labute approximate surface area is 65.2 Å². The van der Waals surface area contributed by atoms with E-state index in [1.54, 1.807) is 0 Å². The van der Waals surface area contributed by atoms with Gasteiger partial charge in [-0.15, -0.1) is 0 Å². The molecular weight excluding hydrogens is 142 g/mol. The molecule has 0 aliphatic rings. The third kappa shape index (κ3) is 4.74. The highest BCUT2D eigenvalue weighted by atomic mass is 16.2. The minimum absolute atomic E-state index is 0.625. The fourth-order valence-electron chi connectivity index (χ4n) is 0.393. The Morgan fingerprint density at radius 2 is 1.36 bits per heavy atom. The van der Waals surface area contributed by atoms with Crippen molar-refractivity contribution >= 4 is 11.8 Å². The lowest BCUT2D eigenvalue weighted by atomic mass is 10.5. The molecule has 0 spiro atoms.